The van der Waals surface area contributed by atoms with E-state index in [-0.39, 0.29) is 16.5 Å². The van der Waals surface area contributed by atoms with E-state index in [9.17, 15) is 17.6 Å². The summed E-state index contributed by atoms with van der Waals surface area (Å²) >= 11 is 3.19. The molecule has 0 saturated heterocycles. The molecule has 2 N–H and O–H groups in total. The number of amides is 1. The average Bonchev–Trinajstić information content (AvgIpc) is 3.33. The highest BCUT2D eigenvalue weighted by Crippen LogP contribution is 2.24. The Morgan fingerprint density at radius 2 is 1.92 bits per heavy atom. The zero-order chi connectivity index (χ0) is 17.3. The molecule has 0 bridgehead atoms. The van der Waals surface area contributed by atoms with E-state index in [0.717, 1.165) is 18.9 Å². The molecule has 0 atom stereocenters. The molecule has 0 spiro atoms. The Morgan fingerprint density at radius 3 is 2.62 bits per heavy atom. The molecule has 5 nitrogen and oxygen atoms in total. The van der Waals surface area contributed by atoms with Gasteiger partial charge in [0.05, 0.1) is 10.5 Å². The van der Waals surface area contributed by atoms with Gasteiger partial charge in [0.2, 0.25) is 10.0 Å². The van der Waals surface area contributed by atoms with Crippen LogP contribution in [0, 0.1) is 5.82 Å². The summed E-state index contributed by atoms with van der Waals surface area (Å²) in [6.07, 6.45) is 1.67. The van der Waals surface area contributed by atoms with Gasteiger partial charge in [-0.15, -0.1) is 0 Å². The van der Waals surface area contributed by atoms with E-state index in [1.807, 2.05) is 0 Å². The predicted octanol–water partition coefficient (Wildman–Crippen LogP) is 3.28. The van der Waals surface area contributed by atoms with Gasteiger partial charge >= 0.3 is 0 Å². The van der Waals surface area contributed by atoms with Gasteiger partial charge in [0.25, 0.3) is 5.91 Å². The summed E-state index contributed by atoms with van der Waals surface area (Å²) in [5.41, 5.74) is 0.439. The van der Waals surface area contributed by atoms with Gasteiger partial charge in [-0.05, 0) is 65.2 Å². The first-order valence-corrected chi connectivity index (χ1v) is 9.51. The van der Waals surface area contributed by atoms with Crippen molar-refractivity contribution in [3.8, 4) is 0 Å². The number of hydrogen-bond donors (Lipinski definition) is 2. The molecule has 3 rings (SSSR count). The fourth-order valence-electron chi connectivity index (χ4n) is 2.10. The van der Waals surface area contributed by atoms with Crippen LogP contribution < -0.4 is 10.0 Å². The molecule has 2 aromatic carbocycles. The third-order valence-corrected chi connectivity index (χ3v) is 5.68. The molecular formula is C16H14BrFN2O3S. The lowest BCUT2D eigenvalue weighted by Crippen LogP contribution is -2.25. The number of hydrogen-bond acceptors (Lipinski definition) is 3. The minimum Gasteiger partial charge on any atom is -0.322 e. The summed E-state index contributed by atoms with van der Waals surface area (Å²) in [4.78, 5) is 12.3. The van der Waals surface area contributed by atoms with Crippen LogP contribution in [0.5, 0.6) is 0 Å². The van der Waals surface area contributed by atoms with E-state index in [1.165, 1.54) is 30.3 Å². The first-order valence-electron chi connectivity index (χ1n) is 7.24. The van der Waals surface area contributed by atoms with Crippen molar-refractivity contribution < 1.29 is 17.6 Å². The van der Waals surface area contributed by atoms with Gasteiger partial charge in [-0.25, -0.2) is 17.5 Å². The van der Waals surface area contributed by atoms with Crippen LogP contribution in [0.15, 0.2) is 51.8 Å². The lowest BCUT2D eigenvalue weighted by Gasteiger charge is -2.10. The Balaban J connectivity index is 1.81. The van der Waals surface area contributed by atoms with Crippen LogP contribution >= 0.6 is 15.9 Å². The number of sulfonamides is 1. The minimum atomic E-state index is -3.61. The van der Waals surface area contributed by atoms with Crippen molar-refractivity contribution in [2.24, 2.45) is 0 Å². The lowest BCUT2D eigenvalue weighted by molar-refractivity contribution is 0.102. The van der Waals surface area contributed by atoms with Gasteiger partial charge in [-0.1, -0.05) is 6.07 Å². The zero-order valence-electron chi connectivity index (χ0n) is 12.4. The summed E-state index contributed by atoms with van der Waals surface area (Å²) in [6.45, 7) is 0. The van der Waals surface area contributed by atoms with Crippen LogP contribution in [0.4, 0.5) is 10.1 Å². The van der Waals surface area contributed by atoms with E-state index in [4.69, 9.17) is 0 Å². The van der Waals surface area contributed by atoms with Gasteiger partial charge in [0, 0.05) is 16.2 Å². The summed E-state index contributed by atoms with van der Waals surface area (Å²) in [5.74, 6) is -1.07. The second-order valence-corrected chi connectivity index (χ2v) is 8.07. The number of nitrogens with one attached hydrogen (secondary N) is 2. The molecule has 0 heterocycles. The molecule has 1 saturated carbocycles. The van der Waals surface area contributed by atoms with Crippen LogP contribution in [0.25, 0.3) is 0 Å². The Morgan fingerprint density at radius 1 is 1.17 bits per heavy atom. The van der Waals surface area contributed by atoms with Gasteiger partial charge in [0.1, 0.15) is 5.82 Å². The molecule has 1 amide bonds. The quantitative estimate of drug-likeness (QED) is 0.790. The molecular weight excluding hydrogens is 399 g/mol. The Labute approximate surface area is 147 Å². The van der Waals surface area contributed by atoms with Crippen molar-refractivity contribution in [2.75, 3.05) is 5.32 Å². The maximum atomic E-state index is 13.3. The molecule has 0 aromatic heterocycles. The smallest absolute Gasteiger partial charge is 0.256 e. The SMILES string of the molecule is O=C(Nc1cccc(S(=O)(=O)NC2CC2)c1)c1cc(F)ccc1Br. The maximum Gasteiger partial charge on any atom is 0.256 e. The summed E-state index contributed by atoms with van der Waals surface area (Å²) in [6, 6.07) is 9.71. The number of carbonyl (C=O) groups is 1. The Bertz CT molecular complexity index is 898. The van der Waals surface area contributed by atoms with Crippen molar-refractivity contribution in [3.05, 3.63) is 58.3 Å². The van der Waals surface area contributed by atoms with Crippen LogP contribution in [0.3, 0.4) is 0 Å². The predicted molar refractivity (Wildman–Crippen MR) is 91.8 cm³/mol. The van der Waals surface area contributed by atoms with Crippen molar-refractivity contribution in [1.29, 1.82) is 0 Å². The third kappa shape index (κ3) is 4.00. The molecule has 1 fully saturated rings. The van der Waals surface area contributed by atoms with Crippen molar-refractivity contribution in [2.45, 2.75) is 23.8 Å². The van der Waals surface area contributed by atoms with E-state index in [0.29, 0.717) is 10.2 Å². The first-order chi connectivity index (χ1) is 11.3. The number of anilines is 1. The van der Waals surface area contributed by atoms with Crippen LogP contribution in [0.2, 0.25) is 0 Å². The molecule has 126 valence electrons. The molecule has 1 aliphatic rings. The Hall–Kier alpha value is -1.77. The highest BCUT2D eigenvalue weighted by Gasteiger charge is 2.28. The monoisotopic (exact) mass is 412 g/mol. The molecule has 0 aliphatic heterocycles. The van der Waals surface area contributed by atoms with Crippen LogP contribution in [-0.4, -0.2) is 20.4 Å². The topological polar surface area (TPSA) is 75.3 Å². The van der Waals surface area contributed by atoms with Crippen molar-refractivity contribution >= 4 is 37.5 Å². The second-order valence-electron chi connectivity index (χ2n) is 5.50. The maximum absolute atomic E-state index is 13.3. The molecule has 1 aliphatic carbocycles. The summed E-state index contributed by atoms with van der Waals surface area (Å²) < 4.78 is 40.7. The minimum absolute atomic E-state index is 0.00324. The van der Waals surface area contributed by atoms with Gasteiger partial charge < -0.3 is 5.32 Å². The normalized spacial score (nSPS) is 14.4. The molecule has 0 radical (unpaired) electrons. The largest absolute Gasteiger partial charge is 0.322 e. The third-order valence-electron chi connectivity index (χ3n) is 3.47. The van der Waals surface area contributed by atoms with E-state index in [1.54, 1.807) is 6.07 Å². The van der Waals surface area contributed by atoms with Crippen molar-refractivity contribution in [3.63, 3.8) is 0 Å². The molecule has 2 aromatic rings. The fraction of sp³-hybridized carbons (Fsp3) is 0.188. The fourth-order valence-corrected chi connectivity index (χ4v) is 3.88. The van der Waals surface area contributed by atoms with Crippen LogP contribution in [0.1, 0.15) is 23.2 Å². The Kier molecular flexibility index (Phi) is 4.71. The van der Waals surface area contributed by atoms with Gasteiger partial charge in [0.15, 0.2) is 0 Å². The zero-order valence-corrected chi connectivity index (χ0v) is 14.8. The highest BCUT2D eigenvalue weighted by molar-refractivity contribution is 9.10. The van der Waals surface area contributed by atoms with E-state index >= 15 is 0 Å². The van der Waals surface area contributed by atoms with E-state index in [2.05, 4.69) is 26.0 Å². The summed E-state index contributed by atoms with van der Waals surface area (Å²) in [5, 5.41) is 2.58. The lowest BCUT2D eigenvalue weighted by atomic mass is 10.2. The highest BCUT2D eigenvalue weighted by atomic mass is 79.9. The van der Waals surface area contributed by atoms with Gasteiger partial charge in [-0.3, -0.25) is 4.79 Å². The molecule has 0 unspecified atom stereocenters. The van der Waals surface area contributed by atoms with Gasteiger partial charge in [-0.2, -0.15) is 0 Å². The average molecular weight is 413 g/mol. The number of halogens is 2. The summed E-state index contributed by atoms with van der Waals surface area (Å²) in [7, 11) is -3.61. The second kappa shape index (κ2) is 6.62. The van der Waals surface area contributed by atoms with Crippen LogP contribution in [-0.2, 0) is 10.0 Å². The van der Waals surface area contributed by atoms with E-state index < -0.39 is 21.7 Å². The number of rotatable bonds is 5. The molecule has 8 heteroatoms. The molecule has 24 heavy (non-hydrogen) atoms. The standard InChI is InChI=1S/C16H14BrFN2O3S/c17-15-7-4-10(18)8-14(15)16(21)19-12-2-1-3-13(9-12)24(22,23)20-11-5-6-11/h1-4,7-9,11,20H,5-6H2,(H,19,21). The van der Waals surface area contributed by atoms with Crippen molar-refractivity contribution in [1.82, 2.24) is 4.72 Å². The number of benzene rings is 2. The first kappa shape index (κ1) is 17.1. The number of carbonyl (C=O) groups excluding carboxylic acids is 1.